The molecule has 0 aliphatic rings. The van der Waals surface area contributed by atoms with Gasteiger partial charge in [0.15, 0.2) is 6.61 Å². The molecule has 0 fully saturated rings. The first-order valence-electron chi connectivity index (χ1n) is 6.88. The molecule has 0 aliphatic carbocycles. The fourth-order valence-corrected chi connectivity index (χ4v) is 1.85. The van der Waals surface area contributed by atoms with Crippen LogP contribution in [0.25, 0.3) is 0 Å². The molecule has 1 atom stereocenters. The predicted molar refractivity (Wildman–Crippen MR) is 82.3 cm³/mol. The van der Waals surface area contributed by atoms with E-state index in [1.165, 1.54) is 0 Å². The summed E-state index contributed by atoms with van der Waals surface area (Å²) in [5.41, 5.74) is 0. The molecule has 0 spiro atoms. The molecule has 1 unspecified atom stereocenters. The lowest BCUT2D eigenvalue weighted by Gasteiger charge is -2.23. The highest BCUT2D eigenvalue weighted by Gasteiger charge is 2.08. The second-order valence-corrected chi connectivity index (χ2v) is 5.21. The molecule has 0 radical (unpaired) electrons. The summed E-state index contributed by atoms with van der Waals surface area (Å²) in [5, 5.41) is 3.34. The summed E-state index contributed by atoms with van der Waals surface area (Å²) in [6, 6.07) is 7.63. The Kier molecular flexibility index (Phi) is 7.41. The van der Waals surface area contributed by atoms with Gasteiger partial charge in [0.1, 0.15) is 5.75 Å². The van der Waals surface area contributed by atoms with Crippen molar-refractivity contribution in [3.8, 4) is 5.75 Å². The Hall–Kier alpha value is -1.26. The number of benzene rings is 1. The summed E-state index contributed by atoms with van der Waals surface area (Å²) in [6.45, 7) is 5.74. The summed E-state index contributed by atoms with van der Waals surface area (Å²) in [4.78, 5) is 13.9. The number of likely N-dealkylation sites (N-methyl/N-ethyl adjacent to an activating group) is 1. The molecule has 0 bridgehead atoms. The van der Waals surface area contributed by atoms with Gasteiger partial charge in [-0.15, -0.1) is 0 Å². The van der Waals surface area contributed by atoms with Gasteiger partial charge in [0, 0.05) is 19.1 Å². The second-order valence-electron chi connectivity index (χ2n) is 4.81. The van der Waals surface area contributed by atoms with Gasteiger partial charge in [-0.05, 0) is 32.5 Å². The van der Waals surface area contributed by atoms with Crippen LogP contribution in [0.15, 0.2) is 24.3 Å². The van der Waals surface area contributed by atoms with Crippen molar-refractivity contribution < 1.29 is 9.53 Å². The van der Waals surface area contributed by atoms with Gasteiger partial charge in [-0.1, -0.05) is 30.7 Å². The van der Waals surface area contributed by atoms with Gasteiger partial charge in [-0.25, -0.2) is 0 Å². The summed E-state index contributed by atoms with van der Waals surface area (Å²) in [7, 11) is 2.06. The number of hydrogen-bond acceptors (Lipinski definition) is 3. The number of carbonyl (C=O) groups is 1. The van der Waals surface area contributed by atoms with E-state index in [1.54, 1.807) is 12.1 Å². The van der Waals surface area contributed by atoms with Gasteiger partial charge in [-0.3, -0.25) is 4.79 Å². The number of hydrogen-bond donors (Lipinski definition) is 1. The molecule has 0 aliphatic heterocycles. The van der Waals surface area contributed by atoms with Gasteiger partial charge >= 0.3 is 0 Å². The zero-order chi connectivity index (χ0) is 15.0. The van der Waals surface area contributed by atoms with Gasteiger partial charge in [-0.2, -0.15) is 0 Å². The third-order valence-electron chi connectivity index (χ3n) is 3.33. The van der Waals surface area contributed by atoms with Crippen LogP contribution >= 0.6 is 11.6 Å². The Labute approximate surface area is 126 Å². The van der Waals surface area contributed by atoms with Crippen molar-refractivity contribution >= 4 is 17.5 Å². The second kappa shape index (κ2) is 8.82. The minimum atomic E-state index is -0.137. The number of halogens is 1. The van der Waals surface area contributed by atoms with Crippen LogP contribution in [0.2, 0.25) is 5.02 Å². The average Bonchev–Trinajstić information content (AvgIpc) is 2.45. The summed E-state index contributed by atoms with van der Waals surface area (Å²) < 4.78 is 5.37. The first-order chi connectivity index (χ1) is 9.54. The first kappa shape index (κ1) is 16.8. The van der Waals surface area contributed by atoms with Crippen LogP contribution in [0, 0.1) is 0 Å². The Morgan fingerprint density at radius 3 is 2.80 bits per heavy atom. The Bertz CT molecular complexity index is 426. The smallest absolute Gasteiger partial charge is 0.257 e. The Balaban J connectivity index is 2.23. The molecular formula is C15H23ClN2O2. The molecule has 4 nitrogen and oxygen atoms in total. The van der Waals surface area contributed by atoms with Gasteiger partial charge in [0.2, 0.25) is 0 Å². The molecule has 1 aromatic carbocycles. The standard InChI is InChI=1S/C15H23ClN2O2/c1-4-12(2)18(3)10-9-17-15(19)11-20-14-8-6-5-7-13(14)16/h5-8,12H,4,9-11H2,1-3H3,(H,17,19). The maximum Gasteiger partial charge on any atom is 0.257 e. The van der Waals surface area contributed by atoms with Crippen molar-refractivity contribution in [2.45, 2.75) is 26.3 Å². The minimum absolute atomic E-state index is 0.0171. The summed E-state index contributed by atoms with van der Waals surface area (Å²) in [5.74, 6) is 0.392. The fourth-order valence-electron chi connectivity index (χ4n) is 1.66. The van der Waals surface area contributed by atoms with E-state index >= 15 is 0 Å². The molecule has 0 heterocycles. The van der Waals surface area contributed by atoms with Crippen molar-refractivity contribution in [3.05, 3.63) is 29.3 Å². The monoisotopic (exact) mass is 298 g/mol. The highest BCUT2D eigenvalue weighted by atomic mass is 35.5. The lowest BCUT2D eigenvalue weighted by atomic mass is 10.2. The Morgan fingerprint density at radius 2 is 2.15 bits per heavy atom. The number of rotatable bonds is 8. The van der Waals surface area contributed by atoms with Crippen molar-refractivity contribution in [2.24, 2.45) is 0 Å². The van der Waals surface area contributed by atoms with E-state index in [4.69, 9.17) is 16.3 Å². The largest absolute Gasteiger partial charge is 0.482 e. The quantitative estimate of drug-likeness (QED) is 0.802. The molecule has 0 saturated heterocycles. The molecule has 1 aromatic rings. The molecule has 5 heteroatoms. The van der Waals surface area contributed by atoms with Gasteiger partial charge < -0.3 is 15.0 Å². The van der Waals surface area contributed by atoms with E-state index in [1.807, 2.05) is 12.1 Å². The minimum Gasteiger partial charge on any atom is -0.482 e. The zero-order valence-electron chi connectivity index (χ0n) is 12.4. The highest BCUT2D eigenvalue weighted by Crippen LogP contribution is 2.22. The van der Waals surface area contributed by atoms with E-state index in [0.717, 1.165) is 13.0 Å². The van der Waals surface area contributed by atoms with Crippen LogP contribution in [-0.4, -0.2) is 43.6 Å². The normalized spacial score (nSPS) is 12.2. The third kappa shape index (κ3) is 5.80. The lowest BCUT2D eigenvalue weighted by Crippen LogP contribution is -2.38. The summed E-state index contributed by atoms with van der Waals surface area (Å²) in [6.07, 6.45) is 1.10. The van der Waals surface area contributed by atoms with Crippen molar-refractivity contribution in [1.29, 1.82) is 0 Å². The molecule has 0 aromatic heterocycles. The van der Waals surface area contributed by atoms with Gasteiger partial charge in [0.05, 0.1) is 5.02 Å². The summed E-state index contributed by atoms with van der Waals surface area (Å²) >= 11 is 5.94. The molecular weight excluding hydrogens is 276 g/mol. The Morgan fingerprint density at radius 1 is 1.45 bits per heavy atom. The van der Waals surface area contributed by atoms with Crippen molar-refractivity contribution in [2.75, 3.05) is 26.7 Å². The predicted octanol–water partition coefficient (Wildman–Crippen LogP) is 2.57. The van der Waals surface area contributed by atoms with E-state index in [0.29, 0.717) is 23.4 Å². The van der Waals surface area contributed by atoms with Crippen molar-refractivity contribution in [1.82, 2.24) is 10.2 Å². The van der Waals surface area contributed by atoms with Crippen LogP contribution in [-0.2, 0) is 4.79 Å². The highest BCUT2D eigenvalue weighted by molar-refractivity contribution is 6.32. The average molecular weight is 299 g/mol. The van der Waals surface area contributed by atoms with Gasteiger partial charge in [0.25, 0.3) is 5.91 Å². The maximum atomic E-state index is 11.7. The molecule has 112 valence electrons. The number of carbonyl (C=O) groups excluding carboxylic acids is 1. The number of amides is 1. The molecule has 20 heavy (non-hydrogen) atoms. The number of nitrogens with zero attached hydrogens (tertiary/aromatic N) is 1. The number of ether oxygens (including phenoxy) is 1. The molecule has 0 saturated carbocycles. The molecule has 1 amide bonds. The topological polar surface area (TPSA) is 41.6 Å². The maximum absolute atomic E-state index is 11.7. The van der Waals surface area contributed by atoms with Crippen LogP contribution in [0.3, 0.4) is 0 Å². The number of nitrogens with one attached hydrogen (secondary N) is 1. The van der Waals surface area contributed by atoms with Crippen molar-refractivity contribution in [3.63, 3.8) is 0 Å². The van der Waals surface area contributed by atoms with E-state index < -0.39 is 0 Å². The molecule has 1 rings (SSSR count). The lowest BCUT2D eigenvalue weighted by molar-refractivity contribution is -0.123. The molecule has 1 N–H and O–H groups in total. The SMILES string of the molecule is CCC(C)N(C)CCNC(=O)COc1ccccc1Cl. The van der Waals surface area contributed by atoms with Crippen LogP contribution in [0.1, 0.15) is 20.3 Å². The fraction of sp³-hybridized carbons (Fsp3) is 0.533. The van der Waals surface area contributed by atoms with Crippen LogP contribution < -0.4 is 10.1 Å². The number of para-hydroxylation sites is 1. The zero-order valence-corrected chi connectivity index (χ0v) is 13.1. The van der Waals surface area contributed by atoms with Crippen LogP contribution in [0.4, 0.5) is 0 Å². The first-order valence-corrected chi connectivity index (χ1v) is 7.26. The van der Waals surface area contributed by atoms with E-state index in [9.17, 15) is 4.79 Å². The van der Waals surface area contributed by atoms with E-state index in [2.05, 4.69) is 31.1 Å². The van der Waals surface area contributed by atoms with Crippen LogP contribution in [0.5, 0.6) is 5.75 Å². The van der Waals surface area contributed by atoms with E-state index in [-0.39, 0.29) is 12.5 Å². The third-order valence-corrected chi connectivity index (χ3v) is 3.64.